The van der Waals surface area contributed by atoms with Gasteiger partial charge in [0.2, 0.25) is 0 Å². The zero-order valence-corrected chi connectivity index (χ0v) is 11.4. The molecule has 0 amide bonds. The normalized spacial score (nSPS) is 12.3. The van der Waals surface area contributed by atoms with Crippen molar-refractivity contribution >= 4 is 5.69 Å². The molecule has 1 atom stereocenters. The van der Waals surface area contributed by atoms with Crippen LogP contribution in [-0.2, 0) is 6.42 Å². The lowest BCUT2D eigenvalue weighted by molar-refractivity contribution is -0.384. The predicted molar refractivity (Wildman–Crippen MR) is 73.1 cm³/mol. The van der Waals surface area contributed by atoms with Crippen LogP contribution in [0.15, 0.2) is 22.7 Å². The molecule has 0 aliphatic carbocycles. The number of rotatable bonds is 5. The van der Waals surface area contributed by atoms with E-state index in [0.29, 0.717) is 17.8 Å². The first-order valence-corrected chi connectivity index (χ1v) is 6.34. The summed E-state index contributed by atoms with van der Waals surface area (Å²) in [7, 11) is 0. The molecule has 7 heteroatoms. The molecular formula is C13H16N4O3. The lowest BCUT2D eigenvalue weighted by atomic mass is 10.1. The second-order valence-electron chi connectivity index (χ2n) is 4.67. The third-order valence-corrected chi connectivity index (χ3v) is 3.02. The summed E-state index contributed by atoms with van der Waals surface area (Å²) in [6.45, 7) is 3.81. The topological polar surface area (TPSA) is 108 Å². The van der Waals surface area contributed by atoms with E-state index in [9.17, 15) is 10.1 Å². The van der Waals surface area contributed by atoms with Gasteiger partial charge in [0, 0.05) is 18.5 Å². The van der Waals surface area contributed by atoms with Crippen molar-refractivity contribution in [2.45, 2.75) is 32.7 Å². The highest BCUT2D eigenvalue weighted by Gasteiger charge is 2.21. The van der Waals surface area contributed by atoms with Crippen LogP contribution in [0.1, 0.15) is 24.7 Å². The highest BCUT2D eigenvalue weighted by Crippen LogP contribution is 2.29. The summed E-state index contributed by atoms with van der Waals surface area (Å²) in [6.07, 6.45) is 1.29. The molecule has 0 fully saturated rings. The number of nitro groups is 1. The van der Waals surface area contributed by atoms with E-state index in [1.54, 1.807) is 12.1 Å². The van der Waals surface area contributed by atoms with Crippen molar-refractivity contribution < 1.29 is 9.45 Å². The van der Waals surface area contributed by atoms with Gasteiger partial charge in [0.25, 0.3) is 11.6 Å². The van der Waals surface area contributed by atoms with E-state index in [1.807, 2.05) is 13.8 Å². The van der Waals surface area contributed by atoms with Crippen molar-refractivity contribution in [3.63, 3.8) is 0 Å². The monoisotopic (exact) mass is 276 g/mol. The van der Waals surface area contributed by atoms with Crippen molar-refractivity contribution in [2.75, 3.05) is 0 Å². The molecule has 0 saturated carbocycles. The fraction of sp³-hybridized carbons (Fsp3) is 0.385. The van der Waals surface area contributed by atoms with Crippen LogP contribution in [0.3, 0.4) is 0 Å². The van der Waals surface area contributed by atoms with Crippen LogP contribution in [-0.4, -0.2) is 21.1 Å². The number of nitrogens with zero attached hydrogens (tertiary/aromatic N) is 3. The van der Waals surface area contributed by atoms with Gasteiger partial charge < -0.3 is 10.3 Å². The second kappa shape index (κ2) is 5.79. The fourth-order valence-electron chi connectivity index (χ4n) is 1.81. The Balaban J connectivity index is 2.36. The van der Waals surface area contributed by atoms with Gasteiger partial charge in [0.15, 0.2) is 5.82 Å². The van der Waals surface area contributed by atoms with Gasteiger partial charge in [-0.1, -0.05) is 18.1 Å². The number of aryl methyl sites for hydroxylation is 1. The molecule has 0 saturated heterocycles. The Morgan fingerprint density at radius 3 is 2.90 bits per heavy atom. The minimum absolute atomic E-state index is 0.0482. The maximum absolute atomic E-state index is 11.0. The molecule has 0 aliphatic heterocycles. The molecular weight excluding hydrogens is 260 g/mol. The van der Waals surface area contributed by atoms with Crippen molar-refractivity contribution in [1.82, 2.24) is 10.1 Å². The largest absolute Gasteiger partial charge is 0.334 e. The number of benzene rings is 1. The van der Waals surface area contributed by atoms with Gasteiger partial charge in [-0.25, -0.2) is 0 Å². The van der Waals surface area contributed by atoms with Crippen LogP contribution in [0, 0.1) is 17.0 Å². The van der Waals surface area contributed by atoms with Gasteiger partial charge in [-0.15, -0.1) is 0 Å². The first kappa shape index (κ1) is 14.1. The van der Waals surface area contributed by atoms with Crippen molar-refractivity contribution in [3.8, 4) is 11.5 Å². The second-order valence-corrected chi connectivity index (χ2v) is 4.67. The number of nitrogens with two attached hydrogens (primary N) is 1. The van der Waals surface area contributed by atoms with Gasteiger partial charge in [-0.2, -0.15) is 4.98 Å². The smallest absolute Gasteiger partial charge is 0.282 e. The molecule has 1 heterocycles. The Labute approximate surface area is 115 Å². The van der Waals surface area contributed by atoms with Crippen molar-refractivity contribution in [2.24, 2.45) is 5.73 Å². The summed E-state index contributed by atoms with van der Waals surface area (Å²) in [4.78, 5) is 14.8. The molecule has 0 aliphatic rings. The van der Waals surface area contributed by atoms with E-state index in [1.165, 1.54) is 6.07 Å². The molecule has 1 unspecified atom stereocenters. The summed E-state index contributed by atoms with van der Waals surface area (Å²) in [5.41, 5.74) is 6.99. The molecule has 2 aromatic rings. The number of hydrogen-bond donors (Lipinski definition) is 1. The van der Waals surface area contributed by atoms with Crippen LogP contribution < -0.4 is 5.73 Å². The van der Waals surface area contributed by atoms with E-state index in [-0.39, 0.29) is 17.6 Å². The van der Waals surface area contributed by atoms with Crippen LogP contribution in [0.5, 0.6) is 0 Å². The average Bonchev–Trinajstić information content (AvgIpc) is 2.86. The van der Waals surface area contributed by atoms with Crippen molar-refractivity contribution in [3.05, 3.63) is 39.7 Å². The lowest BCUT2D eigenvalue weighted by Gasteiger charge is -2.02. The highest BCUT2D eigenvalue weighted by molar-refractivity contribution is 5.67. The zero-order valence-electron chi connectivity index (χ0n) is 11.4. The maximum atomic E-state index is 11.0. The van der Waals surface area contributed by atoms with Gasteiger partial charge in [-0.3, -0.25) is 10.1 Å². The Morgan fingerprint density at radius 1 is 1.50 bits per heavy atom. The molecule has 20 heavy (non-hydrogen) atoms. The Kier molecular flexibility index (Phi) is 4.09. The van der Waals surface area contributed by atoms with E-state index in [0.717, 1.165) is 12.0 Å². The van der Waals surface area contributed by atoms with E-state index >= 15 is 0 Å². The van der Waals surface area contributed by atoms with Crippen LogP contribution in [0.4, 0.5) is 5.69 Å². The molecule has 7 nitrogen and oxygen atoms in total. The van der Waals surface area contributed by atoms with Gasteiger partial charge in [0.05, 0.1) is 4.92 Å². The molecule has 106 valence electrons. The number of aromatic nitrogens is 2. The van der Waals surface area contributed by atoms with E-state index in [2.05, 4.69) is 10.1 Å². The minimum Gasteiger partial charge on any atom is -0.334 e. The Bertz CT molecular complexity index is 624. The first-order valence-electron chi connectivity index (χ1n) is 6.34. The van der Waals surface area contributed by atoms with E-state index in [4.69, 9.17) is 10.3 Å². The number of hydrogen-bond acceptors (Lipinski definition) is 6. The highest BCUT2D eigenvalue weighted by atomic mass is 16.6. The van der Waals surface area contributed by atoms with Crippen LogP contribution in [0.25, 0.3) is 11.5 Å². The van der Waals surface area contributed by atoms with Crippen LogP contribution in [0.2, 0.25) is 0 Å². The molecule has 0 spiro atoms. The summed E-state index contributed by atoms with van der Waals surface area (Å²) < 4.78 is 5.12. The Hall–Kier alpha value is -2.28. The molecule has 2 rings (SSSR count). The zero-order chi connectivity index (χ0) is 14.7. The predicted octanol–water partition coefficient (Wildman–Crippen LogP) is 2.23. The molecule has 0 bridgehead atoms. The summed E-state index contributed by atoms with van der Waals surface area (Å²) >= 11 is 0. The fourth-order valence-corrected chi connectivity index (χ4v) is 1.81. The molecule has 0 radical (unpaired) electrons. The van der Waals surface area contributed by atoms with E-state index < -0.39 is 4.92 Å². The summed E-state index contributed by atoms with van der Waals surface area (Å²) in [5, 5.41) is 14.9. The van der Waals surface area contributed by atoms with Crippen molar-refractivity contribution in [1.29, 1.82) is 0 Å². The lowest BCUT2D eigenvalue weighted by Crippen LogP contribution is -2.21. The summed E-state index contributed by atoms with van der Waals surface area (Å²) in [6, 6.07) is 4.72. The standard InChI is InChI=1S/C13H16N4O3/c1-3-9(14)7-12-15-13(20-16-12)10-6-8(2)4-5-11(10)17(18)19/h4-6,9H,3,7,14H2,1-2H3. The SMILES string of the molecule is CCC(N)Cc1noc(-c2cc(C)ccc2[N+](=O)[O-])n1. The molecule has 1 aromatic carbocycles. The summed E-state index contributed by atoms with van der Waals surface area (Å²) in [5.74, 6) is 0.615. The van der Waals surface area contributed by atoms with Gasteiger partial charge >= 0.3 is 0 Å². The molecule has 1 aromatic heterocycles. The molecule has 2 N–H and O–H groups in total. The minimum atomic E-state index is -0.462. The third-order valence-electron chi connectivity index (χ3n) is 3.02. The average molecular weight is 276 g/mol. The first-order chi connectivity index (χ1) is 9.51. The van der Waals surface area contributed by atoms with Gasteiger partial charge in [0.1, 0.15) is 5.56 Å². The van der Waals surface area contributed by atoms with Gasteiger partial charge in [-0.05, 0) is 25.0 Å². The number of nitro benzene ring substituents is 1. The van der Waals surface area contributed by atoms with Crippen LogP contribution >= 0.6 is 0 Å². The third kappa shape index (κ3) is 3.00. The quantitative estimate of drug-likeness (QED) is 0.662. The Morgan fingerprint density at radius 2 is 2.25 bits per heavy atom. The maximum Gasteiger partial charge on any atom is 0.282 e.